The highest BCUT2D eigenvalue weighted by atomic mass is 35.5. The van der Waals surface area contributed by atoms with Gasteiger partial charge in [0.1, 0.15) is 0 Å². The van der Waals surface area contributed by atoms with Crippen LogP contribution in [-0.2, 0) is 4.79 Å². The molecule has 0 aliphatic carbocycles. The van der Waals surface area contributed by atoms with Crippen molar-refractivity contribution in [1.82, 2.24) is 10.2 Å². The fourth-order valence-corrected chi connectivity index (χ4v) is 3.63. The van der Waals surface area contributed by atoms with E-state index in [1.165, 1.54) is 12.1 Å². The van der Waals surface area contributed by atoms with Gasteiger partial charge in [-0.15, -0.1) is 10.2 Å². The second kappa shape index (κ2) is 7.96. The maximum Gasteiger partial charge on any atom is 0.314 e. The minimum atomic E-state index is -0.354. The summed E-state index contributed by atoms with van der Waals surface area (Å²) in [4.78, 5) is 14.5. The number of nitrogens with zero attached hydrogens (tertiary/aromatic N) is 3. The molecule has 1 fully saturated rings. The molecule has 5 nitrogen and oxygen atoms in total. The number of rotatable bonds is 3. The Balaban J connectivity index is 1.61. The highest BCUT2D eigenvalue weighted by molar-refractivity contribution is 6.40. The quantitative estimate of drug-likeness (QED) is 0.521. The lowest BCUT2D eigenvalue weighted by Crippen LogP contribution is -2.38. The van der Waals surface area contributed by atoms with Crippen LogP contribution >= 0.6 is 46.4 Å². The molecule has 1 aromatic heterocycles. The van der Waals surface area contributed by atoms with Gasteiger partial charge in [-0.2, -0.15) is 0 Å². The SMILES string of the molecule is O=C(Oc1c(Cl)cc(Cl)cc1Cl)C1CCN(c2ccc(Cl)nn2)CC1. The van der Waals surface area contributed by atoms with Crippen LogP contribution in [0.25, 0.3) is 0 Å². The van der Waals surface area contributed by atoms with Crippen LogP contribution in [0.15, 0.2) is 24.3 Å². The third-order valence-corrected chi connectivity index (χ3v) is 4.92. The number of ether oxygens (including phenoxy) is 1. The van der Waals surface area contributed by atoms with Gasteiger partial charge in [0.15, 0.2) is 16.7 Å². The van der Waals surface area contributed by atoms with Gasteiger partial charge in [-0.3, -0.25) is 4.79 Å². The van der Waals surface area contributed by atoms with E-state index in [1.807, 2.05) is 0 Å². The lowest BCUT2D eigenvalue weighted by Gasteiger charge is -2.31. The highest BCUT2D eigenvalue weighted by Crippen LogP contribution is 2.36. The fourth-order valence-electron chi connectivity index (χ4n) is 2.63. The number of piperidine rings is 1. The molecule has 0 amide bonds. The summed E-state index contributed by atoms with van der Waals surface area (Å²) in [5.41, 5.74) is 0. The van der Waals surface area contributed by atoms with Crippen molar-refractivity contribution < 1.29 is 9.53 Å². The summed E-state index contributed by atoms with van der Waals surface area (Å²) in [6, 6.07) is 6.47. The number of carbonyl (C=O) groups is 1. The van der Waals surface area contributed by atoms with E-state index >= 15 is 0 Å². The number of halogens is 4. The molecule has 0 radical (unpaired) electrons. The summed E-state index contributed by atoms with van der Waals surface area (Å²) < 4.78 is 5.40. The number of carbonyl (C=O) groups excluding carboxylic acids is 1. The number of benzene rings is 1. The van der Waals surface area contributed by atoms with Gasteiger partial charge in [0.2, 0.25) is 0 Å². The van der Waals surface area contributed by atoms with Crippen LogP contribution in [0, 0.1) is 5.92 Å². The second-order valence-corrected chi connectivity index (χ2v) is 7.23. The number of esters is 1. The Labute approximate surface area is 164 Å². The van der Waals surface area contributed by atoms with Crippen LogP contribution in [0.3, 0.4) is 0 Å². The van der Waals surface area contributed by atoms with Crippen molar-refractivity contribution in [2.75, 3.05) is 18.0 Å². The zero-order chi connectivity index (χ0) is 18.0. The number of hydrogen-bond donors (Lipinski definition) is 0. The van der Waals surface area contributed by atoms with Crippen molar-refractivity contribution in [3.05, 3.63) is 44.5 Å². The summed E-state index contributed by atoms with van der Waals surface area (Å²) in [6.07, 6.45) is 1.26. The summed E-state index contributed by atoms with van der Waals surface area (Å²) >= 11 is 23.7. The molecule has 1 saturated heterocycles. The molecule has 132 valence electrons. The maximum atomic E-state index is 12.4. The van der Waals surface area contributed by atoms with E-state index in [9.17, 15) is 4.79 Å². The molecule has 9 heteroatoms. The zero-order valence-corrected chi connectivity index (χ0v) is 15.9. The first-order valence-electron chi connectivity index (χ1n) is 7.54. The number of anilines is 1. The predicted octanol–water partition coefficient (Wildman–Crippen LogP) is 4.91. The first kappa shape index (κ1) is 18.5. The molecular formula is C16H13Cl4N3O2. The largest absolute Gasteiger partial charge is 0.423 e. The third kappa shape index (κ3) is 4.47. The standard InChI is InChI=1S/C16H13Cl4N3O2/c17-10-7-11(18)15(12(19)8-10)25-16(24)9-3-5-23(6-4-9)14-2-1-13(20)21-22-14/h1-2,7-9H,3-6H2. The van der Waals surface area contributed by atoms with Crippen molar-refractivity contribution in [2.45, 2.75) is 12.8 Å². The van der Waals surface area contributed by atoms with E-state index in [0.717, 1.165) is 5.82 Å². The van der Waals surface area contributed by atoms with E-state index < -0.39 is 0 Å². The second-order valence-electron chi connectivity index (χ2n) is 5.60. The molecule has 0 saturated carbocycles. The summed E-state index contributed by atoms with van der Waals surface area (Å²) in [5, 5.41) is 9.03. The molecule has 1 aliphatic heterocycles. The highest BCUT2D eigenvalue weighted by Gasteiger charge is 2.28. The molecule has 0 spiro atoms. The average molecular weight is 421 g/mol. The van der Waals surface area contributed by atoms with Crippen LogP contribution in [-0.4, -0.2) is 29.3 Å². The van der Waals surface area contributed by atoms with Crippen LogP contribution in [0.2, 0.25) is 20.2 Å². The van der Waals surface area contributed by atoms with Gasteiger partial charge in [-0.05, 0) is 37.1 Å². The maximum absolute atomic E-state index is 12.4. The number of aromatic nitrogens is 2. The number of hydrogen-bond acceptors (Lipinski definition) is 5. The molecule has 0 atom stereocenters. The summed E-state index contributed by atoms with van der Waals surface area (Å²) in [7, 11) is 0. The molecule has 1 aromatic carbocycles. The minimum absolute atomic E-state index is 0.142. The van der Waals surface area contributed by atoms with Crippen molar-refractivity contribution in [3.63, 3.8) is 0 Å². The van der Waals surface area contributed by atoms with E-state index in [4.69, 9.17) is 51.1 Å². The zero-order valence-electron chi connectivity index (χ0n) is 12.9. The van der Waals surface area contributed by atoms with Crippen LogP contribution < -0.4 is 9.64 Å². The monoisotopic (exact) mass is 419 g/mol. The van der Waals surface area contributed by atoms with Gasteiger partial charge in [-0.1, -0.05) is 46.4 Å². The molecular weight excluding hydrogens is 408 g/mol. The molecule has 0 N–H and O–H groups in total. The van der Waals surface area contributed by atoms with Gasteiger partial charge in [0, 0.05) is 18.1 Å². The molecule has 25 heavy (non-hydrogen) atoms. The van der Waals surface area contributed by atoms with E-state index in [-0.39, 0.29) is 27.7 Å². The van der Waals surface area contributed by atoms with Gasteiger partial charge in [-0.25, -0.2) is 0 Å². The Bertz CT molecular complexity index is 754. The van der Waals surface area contributed by atoms with Crippen molar-refractivity contribution in [3.8, 4) is 5.75 Å². The molecule has 0 bridgehead atoms. The Morgan fingerprint density at radius 1 is 1.04 bits per heavy atom. The smallest absolute Gasteiger partial charge is 0.314 e. The Morgan fingerprint density at radius 2 is 1.68 bits per heavy atom. The van der Waals surface area contributed by atoms with E-state index in [0.29, 0.717) is 36.1 Å². The van der Waals surface area contributed by atoms with E-state index in [1.54, 1.807) is 12.1 Å². The van der Waals surface area contributed by atoms with Crippen LogP contribution in [0.4, 0.5) is 5.82 Å². The van der Waals surface area contributed by atoms with Crippen molar-refractivity contribution in [1.29, 1.82) is 0 Å². The topological polar surface area (TPSA) is 55.3 Å². The summed E-state index contributed by atoms with van der Waals surface area (Å²) in [6.45, 7) is 1.33. The Morgan fingerprint density at radius 3 is 2.24 bits per heavy atom. The van der Waals surface area contributed by atoms with E-state index in [2.05, 4.69) is 15.1 Å². The molecule has 1 aliphatic rings. The average Bonchev–Trinajstić information content (AvgIpc) is 2.59. The Hall–Kier alpha value is -1.27. The lowest BCUT2D eigenvalue weighted by molar-refractivity contribution is -0.139. The normalized spacial score (nSPS) is 15.3. The van der Waals surface area contributed by atoms with Gasteiger partial charge < -0.3 is 9.64 Å². The van der Waals surface area contributed by atoms with Gasteiger partial charge in [0.05, 0.1) is 16.0 Å². The van der Waals surface area contributed by atoms with Crippen LogP contribution in [0.5, 0.6) is 5.75 Å². The third-order valence-electron chi connectivity index (χ3n) is 3.94. The first-order chi connectivity index (χ1) is 11.9. The molecule has 2 heterocycles. The lowest BCUT2D eigenvalue weighted by atomic mass is 9.97. The molecule has 0 unspecified atom stereocenters. The first-order valence-corrected chi connectivity index (χ1v) is 9.05. The minimum Gasteiger partial charge on any atom is -0.423 e. The molecule has 3 rings (SSSR count). The summed E-state index contributed by atoms with van der Waals surface area (Å²) in [5.74, 6) is 0.288. The van der Waals surface area contributed by atoms with Gasteiger partial charge in [0.25, 0.3) is 0 Å². The Kier molecular flexibility index (Phi) is 5.89. The predicted molar refractivity (Wildman–Crippen MR) is 99.1 cm³/mol. The fraction of sp³-hybridized carbons (Fsp3) is 0.312. The van der Waals surface area contributed by atoms with Crippen molar-refractivity contribution in [2.24, 2.45) is 5.92 Å². The van der Waals surface area contributed by atoms with Gasteiger partial charge >= 0.3 is 5.97 Å². The van der Waals surface area contributed by atoms with Crippen molar-refractivity contribution >= 4 is 58.2 Å². The van der Waals surface area contributed by atoms with Crippen LogP contribution in [0.1, 0.15) is 12.8 Å². The molecule has 2 aromatic rings.